The van der Waals surface area contributed by atoms with Crippen molar-refractivity contribution in [2.45, 2.75) is 64.0 Å². The number of hydrogen-bond acceptors (Lipinski definition) is 4. The molecule has 2 atom stereocenters. The summed E-state index contributed by atoms with van der Waals surface area (Å²) in [4.78, 5) is 32.6. The van der Waals surface area contributed by atoms with Crippen molar-refractivity contribution in [3.8, 4) is 0 Å². The third-order valence-corrected chi connectivity index (χ3v) is 8.23. The molecule has 1 amide bonds. The van der Waals surface area contributed by atoms with Crippen molar-refractivity contribution in [2.24, 2.45) is 0 Å². The SMILES string of the molecule is Cc1ccc(C(=O)CCCN2CCC3N4c5c(cccc5C3(C)C2)N(C)C(=O)C4(C)C)cc1. The average Bonchev–Trinajstić information content (AvgIpc) is 3.06. The summed E-state index contributed by atoms with van der Waals surface area (Å²) in [6.45, 7) is 11.4. The Kier molecular flexibility index (Phi) is 5.16. The van der Waals surface area contributed by atoms with Gasteiger partial charge in [-0.2, -0.15) is 0 Å². The highest BCUT2D eigenvalue weighted by atomic mass is 16.2. The zero-order valence-corrected chi connectivity index (χ0v) is 20.5. The summed E-state index contributed by atoms with van der Waals surface area (Å²) in [7, 11) is 1.90. The number of fused-ring (bicyclic) bond motifs is 3. The first-order valence-electron chi connectivity index (χ1n) is 12.2. The van der Waals surface area contributed by atoms with Gasteiger partial charge in [0, 0.05) is 43.6 Å². The molecule has 5 nitrogen and oxygen atoms in total. The molecule has 0 saturated carbocycles. The van der Waals surface area contributed by atoms with Gasteiger partial charge in [-0.1, -0.05) is 48.9 Å². The molecule has 1 saturated heterocycles. The minimum atomic E-state index is -0.553. The van der Waals surface area contributed by atoms with Gasteiger partial charge in [-0.05, 0) is 51.8 Å². The van der Waals surface area contributed by atoms with Crippen LogP contribution in [0, 0.1) is 6.92 Å². The van der Waals surface area contributed by atoms with Gasteiger partial charge in [0.15, 0.2) is 5.78 Å². The Morgan fingerprint density at radius 3 is 2.55 bits per heavy atom. The molecule has 3 heterocycles. The summed E-state index contributed by atoms with van der Waals surface area (Å²) >= 11 is 0. The van der Waals surface area contributed by atoms with Gasteiger partial charge in [-0.25, -0.2) is 0 Å². The highest BCUT2D eigenvalue weighted by molar-refractivity contribution is 6.09. The molecule has 0 spiro atoms. The molecule has 174 valence electrons. The number of Topliss-reactive ketones (excluding diaryl/α,β-unsaturated/α-hetero) is 1. The number of ketones is 1. The molecular weight excluding hydrogens is 410 g/mol. The molecule has 5 rings (SSSR count). The second-order valence-corrected chi connectivity index (χ2v) is 10.9. The number of carbonyl (C=O) groups is 2. The largest absolute Gasteiger partial charge is 0.352 e. The number of hydrogen-bond donors (Lipinski definition) is 0. The lowest BCUT2D eigenvalue weighted by atomic mass is 9.74. The molecule has 3 aliphatic rings. The van der Waals surface area contributed by atoms with Crippen molar-refractivity contribution in [3.63, 3.8) is 0 Å². The fourth-order valence-electron chi connectivity index (χ4n) is 6.45. The van der Waals surface area contributed by atoms with Gasteiger partial charge in [0.25, 0.3) is 5.91 Å². The Hall–Kier alpha value is -2.66. The topological polar surface area (TPSA) is 43.9 Å². The van der Waals surface area contributed by atoms with Gasteiger partial charge >= 0.3 is 0 Å². The van der Waals surface area contributed by atoms with Gasteiger partial charge in [-0.15, -0.1) is 0 Å². The zero-order chi connectivity index (χ0) is 23.5. The molecule has 2 aromatic carbocycles. The van der Waals surface area contributed by atoms with Gasteiger partial charge in [0.2, 0.25) is 0 Å². The van der Waals surface area contributed by atoms with Crippen LogP contribution < -0.4 is 9.80 Å². The van der Waals surface area contributed by atoms with Crippen molar-refractivity contribution in [1.29, 1.82) is 0 Å². The Balaban J connectivity index is 1.33. The second kappa shape index (κ2) is 7.69. The maximum Gasteiger partial charge on any atom is 0.252 e. The average molecular weight is 446 g/mol. The van der Waals surface area contributed by atoms with E-state index in [1.54, 1.807) is 0 Å². The number of carbonyl (C=O) groups excluding carboxylic acids is 2. The molecule has 1 fully saturated rings. The number of para-hydroxylation sites is 1. The van der Waals surface area contributed by atoms with E-state index in [1.165, 1.54) is 16.8 Å². The fourth-order valence-corrected chi connectivity index (χ4v) is 6.45. The Morgan fingerprint density at radius 1 is 1.09 bits per heavy atom. The van der Waals surface area contributed by atoms with Crippen LogP contribution in [0.1, 0.15) is 61.5 Å². The number of nitrogens with zero attached hydrogens (tertiary/aromatic N) is 3. The molecule has 2 aromatic rings. The van der Waals surface area contributed by atoms with Crippen molar-refractivity contribution < 1.29 is 9.59 Å². The van der Waals surface area contributed by atoms with Crippen LogP contribution in [-0.4, -0.2) is 54.9 Å². The first-order chi connectivity index (χ1) is 15.6. The summed E-state index contributed by atoms with van der Waals surface area (Å²) < 4.78 is 0. The van der Waals surface area contributed by atoms with E-state index in [1.807, 2.05) is 43.1 Å². The first-order valence-corrected chi connectivity index (χ1v) is 12.2. The Bertz CT molecular complexity index is 1110. The normalized spacial score (nSPS) is 25.7. The number of aryl methyl sites for hydroxylation is 1. The lowest BCUT2D eigenvalue weighted by molar-refractivity contribution is -0.123. The summed E-state index contributed by atoms with van der Waals surface area (Å²) in [6.07, 6.45) is 2.48. The number of rotatable bonds is 5. The minimum absolute atomic E-state index is 0.0344. The monoisotopic (exact) mass is 445 g/mol. The van der Waals surface area contributed by atoms with Crippen LogP contribution in [0.25, 0.3) is 0 Å². The van der Waals surface area contributed by atoms with Crippen molar-refractivity contribution in [3.05, 3.63) is 59.2 Å². The van der Waals surface area contributed by atoms with E-state index in [2.05, 4.69) is 48.8 Å². The van der Waals surface area contributed by atoms with Gasteiger partial charge < -0.3 is 14.7 Å². The predicted molar refractivity (Wildman–Crippen MR) is 133 cm³/mol. The third-order valence-electron chi connectivity index (χ3n) is 8.23. The quantitative estimate of drug-likeness (QED) is 0.633. The molecule has 0 bridgehead atoms. The van der Waals surface area contributed by atoms with Crippen LogP contribution >= 0.6 is 0 Å². The highest BCUT2D eigenvalue weighted by Gasteiger charge is 2.59. The van der Waals surface area contributed by atoms with E-state index >= 15 is 0 Å². The fraction of sp³-hybridized carbons (Fsp3) is 0.500. The van der Waals surface area contributed by atoms with Crippen LogP contribution in [0.3, 0.4) is 0 Å². The molecule has 0 aromatic heterocycles. The van der Waals surface area contributed by atoms with Crippen molar-refractivity contribution >= 4 is 23.1 Å². The lowest BCUT2D eigenvalue weighted by Crippen LogP contribution is -2.65. The molecule has 2 unspecified atom stereocenters. The number of piperidine rings is 1. The lowest BCUT2D eigenvalue weighted by Gasteiger charge is -2.51. The molecule has 0 N–H and O–H groups in total. The van der Waals surface area contributed by atoms with Crippen LogP contribution in [0.15, 0.2) is 42.5 Å². The Morgan fingerprint density at radius 2 is 1.82 bits per heavy atom. The first kappa shape index (κ1) is 22.1. The summed E-state index contributed by atoms with van der Waals surface area (Å²) in [6, 6.07) is 14.6. The molecule has 5 heteroatoms. The van der Waals surface area contributed by atoms with E-state index in [9.17, 15) is 9.59 Å². The van der Waals surface area contributed by atoms with Crippen molar-refractivity contribution in [2.75, 3.05) is 36.5 Å². The summed E-state index contributed by atoms with van der Waals surface area (Å²) in [5, 5.41) is 0. The van der Waals surface area contributed by atoms with Gasteiger partial charge in [-0.3, -0.25) is 9.59 Å². The van der Waals surface area contributed by atoms with E-state index in [0.29, 0.717) is 12.5 Å². The van der Waals surface area contributed by atoms with Crippen LogP contribution in [0.4, 0.5) is 11.4 Å². The number of benzene rings is 2. The van der Waals surface area contributed by atoms with E-state index < -0.39 is 5.54 Å². The van der Waals surface area contributed by atoms with Crippen LogP contribution in [0.5, 0.6) is 0 Å². The van der Waals surface area contributed by atoms with E-state index in [0.717, 1.165) is 43.7 Å². The molecular formula is C28H35N3O2. The zero-order valence-electron chi connectivity index (χ0n) is 20.5. The van der Waals surface area contributed by atoms with Crippen LogP contribution in [0.2, 0.25) is 0 Å². The second-order valence-electron chi connectivity index (χ2n) is 10.9. The van der Waals surface area contributed by atoms with Crippen molar-refractivity contribution in [1.82, 2.24) is 4.90 Å². The van der Waals surface area contributed by atoms with Crippen LogP contribution in [-0.2, 0) is 10.2 Å². The maximum absolute atomic E-state index is 13.2. The number of likely N-dealkylation sites (N-methyl/N-ethyl adjacent to an activating group) is 1. The standard InChI is InChI=1S/C28H35N3O2/c1-19-11-13-20(14-12-19)23(32)10-7-16-30-17-15-24-28(4,18-30)21-8-6-9-22-25(21)31(24)27(2,3)26(33)29(22)5/h6,8-9,11-14,24H,7,10,15-18H2,1-5H3. The molecule has 0 aliphatic carbocycles. The molecule has 0 radical (unpaired) electrons. The number of anilines is 2. The van der Waals surface area contributed by atoms with E-state index in [4.69, 9.17) is 0 Å². The van der Waals surface area contributed by atoms with Gasteiger partial charge in [0.1, 0.15) is 5.54 Å². The maximum atomic E-state index is 13.2. The van der Waals surface area contributed by atoms with Gasteiger partial charge in [0.05, 0.1) is 11.4 Å². The Labute approximate surface area is 197 Å². The third kappa shape index (κ3) is 3.31. The predicted octanol–water partition coefficient (Wildman–Crippen LogP) is 4.57. The number of likely N-dealkylation sites (tertiary alicyclic amines) is 1. The smallest absolute Gasteiger partial charge is 0.252 e. The van der Waals surface area contributed by atoms with E-state index in [-0.39, 0.29) is 17.1 Å². The number of amides is 1. The summed E-state index contributed by atoms with van der Waals surface area (Å²) in [5.74, 6) is 0.390. The highest BCUT2D eigenvalue weighted by Crippen LogP contribution is 2.57. The molecule has 3 aliphatic heterocycles. The summed E-state index contributed by atoms with van der Waals surface area (Å²) in [5.41, 5.74) is 5.04. The molecule has 33 heavy (non-hydrogen) atoms. The minimum Gasteiger partial charge on any atom is -0.352 e.